The van der Waals surface area contributed by atoms with Gasteiger partial charge in [0, 0.05) is 6.20 Å². The van der Waals surface area contributed by atoms with Gasteiger partial charge >= 0.3 is 0 Å². The third-order valence-corrected chi connectivity index (χ3v) is 0.644. The molecule has 42 valence electrons. The standard InChI is InChI=1S/C4H6N4/c5-3-1-2-7-4(6)8-3/h1-2H,(H4,5,6,7,8)/i1D. The second-order valence-corrected chi connectivity index (χ2v) is 1.26. The summed E-state index contributed by atoms with van der Waals surface area (Å²) in [7, 11) is 0. The molecule has 1 aromatic heterocycles. The summed E-state index contributed by atoms with van der Waals surface area (Å²) >= 11 is 0. The zero-order valence-electron chi connectivity index (χ0n) is 5.13. The molecule has 4 N–H and O–H groups in total. The smallest absolute Gasteiger partial charge is 0.221 e. The Bertz CT molecular complexity index is 224. The predicted octanol–water partition coefficient (Wildman–Crippen LogP) is -0.359. The first-order chi connectivity index (χ1) is 4.20. The van der Waals surface area contributed by atoms with Crippen LogP contribution >= 0.6 is 0 Å². The van der Waals surface area contributed by atoms with Gasteiger partial charge in [-0.15, -0.1) is 0 Å². The van der Waals surface area contributed by atoms with Crippen molar-refractivity contribution in [3.63, 3.8) is 0 Å². The van der Waals surface area contributed by atoms with Crippen LogP contribution in [-0.2, 0) is 0 Å². The summed E-state index contributed by atoms with van der Waals surface area (Å²) in [4.78, 5) is 7.07. The lowest BCUT2D eigenvalue weighted by Gasteiger charge is -1.89. The molecule has 4 nitrogen and oxygen atoms in total. The second kappa shape index (κ2) is 1.65. The molecule has 0 unspecified atom stereocenters. The Morgan fingerprint density at radius 2 is 2.38 bits per heavy atom. The van der Waals surface area contributed by atoms with Gasteiger partial charge in [-0.3, -0.25) is 0 Å². The molecule has 0 aliphatic carbocycles. The Hall–Kier alpha value is -1.32. The van der Waals surface area contributed by atoms with Gasteiger partial charge in [0.2, 0.25) is 5.95 Å². The van der Waals surface area contributed by atoms with Gasteiger partial charge in [-0.2, -0.15) is 4.98 Å². The molecule has 1 rings (SSSR count). The molecule has 0 spiro atoms. The Morgan fingerprint density at radius 3 is 2.88 bits per heavy atom. The van der Waals surface area contributed by atoms with Crippen molar-refractivity contribution in [3.05, 3.63) is 12.2 Å². The van der Waals surface area contributed by atoms with Crippen LogP contribution in [0.4, 0.5) is 11.8 Å². The quantitative estimate of drug-likeness (QED) is 0.479. The van der Waals surface area contributed by atoms with E-state index in [1.54, 1.807) is 0 Å². The van der Waals surface area contributed by atoms with Gasteiger partial charge in [0.15, 0.2) is 0 Å². The van der Waals surface area contributed by atoms with E-state index >= 15 is 0 Å². The molecule has 0 amide bonds. The number of anilines is 2. The lowest BCUT2D eigenvalue weighted by atomic mass is 10.6. The van der Waals surface area contributed by atoms with E-state index in [1.165, 1.54) is 6.20 Å². The molecule has 0 radical (unpaired) electrons. The van der Waals surface area contributed by atoms with Gasteiger partial charge in [0.05, 0.1) is 1.37 Å². The Kier molecular flexibility index (Phi) is 0.754. The zero-order valence-corrected chi connectivity index (χ0v) is 4.13. The summed E-state index contributed by atoms with van der Waals surface area (Å²) in [6, 6.07) is 0.101. The molecule has 1 heterocycles. The van der Waals surface area contributed by atoms with Gasteiger partial charge in [0.1, 0.15) is 5.82 Å². The number of rotatable bonds is 0. The van der Waals surface area contributed by atoms with E-state index in [2.05, 4.69) is 9.97 Å². The van der Waals surface area contributed by atoms with E-state index in [1.807, 2.05) is 0 Å². The van der Waals surface area contributed by atoms with Gasteiger partial charge in [-0.1, -0.05) is 0 Å². The highest BCUT2D eigenvalue weighted by atomic mass is 15.0. The zero-order chi connectivity index (χ0) is 6.85. The fraction of sp³-hybridized carbons (Fsp3) is 0. The number of aromatic nitrogens is 2. The van der Waals surface area contributed by atoms with Crippen molar-refractivity contribution in [1.82, 2.24) is 9.97 Å². The van der Waals surface area contributed by atoms with Crippen LogP contribution < -0.4 is 11.5 Å². The highest BCUT2D eigenvalue weighted by Crippen LogP contribution is 1.94. The fourth-order valence-electron chi connectivity index (χ4n) is 0.349. The number of nitrogens with zero attached hydrogens (tertiary/aromatic N) is 2. The average molecular weight is 111 g/mol. The summed E-state index contributed by atoms with van der Waals surface area (Å²) < 4.78 is 7.01. The summed E-state index contributed by atoms with van der Waals surface area (Å²) in [5.74, 6) is 0.214. The molecule has 4 heteroatoms. The maximum absolute atomic E-state index is 7.01. The lowest BCUT2D eigenvalue weighted by molar-refractivity contribution is 1.19. The Balaban J connectivity index is 3.17. The first kappa shape index (κ1) is 3.65. The van der Waals surface area contributed by atoms with Crippen LogP contribution in [0.25, 0.3) is 0 Å². The van der Waals surface area contributed by atoms with Gasteiger partial charge in [-0.25, -0.2) is 4.98 Å². The minimum absolute atomic E-state index is 0.100. The average Bonchev–Trinajstić information content (AvgIpc) is 1.80. The van der Waals surface area contributed by atoms with Crippen molar-refractivity contribution in [2.24, 2.45) is 0 Å². The third kappa shape index (κ3) is 0.841. The van der Waals surface area contributed by atoms with E-state index in [0.29, 0.717) is 0 Å². The van der Waals surface area contributed by atoms with Crippen molar-refractivity contribution in [2.75, 3.05) is 11.5 Å². The van der Waals surface area contributed by atoms with E-state index < -0.39 is 0 Å². The van der Waals surface area contributed by atoms with Crippen LogP contribution in [0.1, 0.15) is 1.37 Å². The summed E-state index contributed by atoms with van der Waals surface area (Å²) in [6.45, 7) is 0. The van der Waals surface area contributed by atoms with E-state index in [-0.39, 0.29) is 17.8 Å². The number of nitrogen functional groups attached to an aromatic ring is 2. The van der Waals surface area contributed by atoms with Crippen molar-refractivity contribution in [1.29, 1.82) is 0 Å². The number of hydrogen-bond acceptors (Lipinski definition) is 4. The van der Waals surface area contributed by atoms with Crippen molar-refractivity contribution < 1.29 is 1.37 Å². The first-order valence-electron chi connectivity index (χ1n) is 2.55. The molecule has 0 aliphatic heterocycles. The SMILES string of the molecule is [2H]c1cnc(N)nc1N. The van der Waals surface area contributed by atoms with Crippen molar-refractivity contribution in [2.45, 2.75) is 0 Å². The fourth-order valence-corrected chi connectivity index (χ4v) is 0.349. The molecule has 0 aromatic carbocycles. The maximum atomic E-state index is 7.01. The number of hydrogen-bond donors (Lipinski definition) is 2. The largest absolute Gasteiger partial charge is 0.384 e. The van der Waals surface area contributed by atoms with Crippen LogP contribution in [0.2, 0.25) is 0 Å². The highest BCUT2D eigenvalue weighted by Gasteiger charge is 1.84. The Labute approximate surface area is 48.0 Å². The Morgan fingerprint density at radius 1 is 1.62 bits per heavy atom. The lowest BCUT2D eigenvalue weighted by Crippen LogP contribution is -1.96. The van der Waals surface area contributed by atoms with Crippen molar-refractivity contribution >= 4 is 11.8 Å². The van der Waals surface area contributed by atoms with Gasteiger partial charge in [0.25, 0.3) is 0 Å². The molecule has 8 heavy (non-hydrogen) atoms. The molecular formula is C4H6N4. The van der Waals surface area contributed by atoms with E-state index in [9.17, 15) is 0 Å². The van der Waals surface area contributed by atoms with Crippen LogP contribution in [0.5, 0.6) is 0 Å². The predicted molar refractivity (Wildman–Crippen MR) is 30.9 cm³/mol. The summed E-state index contributed by atoms with van der Waals surface area (Å²) in [6.07, 6.45) is 1.26. The van der Waals surface area contributed by atoms with E-state index in [0.717, 1.165) is 0 Å². The minimum Gasteiger partial charge on any atom is -0.384 e. The van der Waals surface area contributed by atoms with Crippen LogP contribution in [0, 0.1) is 0 Å². The molecule has 0 aliphatic rings. The van der Waals surface area contributed by atoms with E-state index in [4.69, 9.17) is 12.8 Å². The molecule has 0 saturated carbocycles. The highest BCUT2D eigenvalue weighted by molar-refractivity contribution is 5.31. The molecule has 1 aromatic rings. The summed E-state index contributed by atoms with van der Waals surface area (Å²) in [5.41, 5.74) is 10.3. The van der Waals surface area contributed by atoms with Crippen LogP contribution in [0.15, 0.2) is 12.2 Å². The first-order valence-corrected chi connectivity index (χ1v) is 2.05. The number of nitrogens with two attached hydrogens (primary N) is 2. The second-order valence-electron chi connectivity index (χ2n) is 1.26. The van der Waals surface area contributed by atoms with Crippen LogP contribution in [0.3, 0.4) is 0 Å². The third-order valence-electron chi connectivity index (χ3n) is 0.644. The topological polar surface area (TPSA) is 77.8 Å². The van der Waals surface area contributed by atoms with Crippen molar-refractivity contribution in [3.8, 4) is 0 Å². The molecule has 0 saturated heterocycles. The van der Waals surface area contributed by atoms with Gasteiger partial charge < -0.3 is 11.5 Å². The molecule has 0 atom stereocenters. The van der Waals surface area contributed by atoms with Crippen LogP contribution in [-0.4, -0.2) is 9.97 Å². The normalized spacial score (nSPS) is 10.8. The molecule has 0 bridgehead atoms. The monoisotopic (exact) mass is 111 g/mol. The summed E-state index contributed by atoms with van der Waals surface area (Å²) in [5, 5.41) is 0. The maximum Gasteiger partial charge on any atom is 0.221 e. The molecular weight excluding hydrogens is 104 g/mol. The minimum atomic E-state index is 0.100. The molecule has 0 fully saturated rings. The van der Waals surface area contributed by atoms with Gasteiger partial charge in [-0.05, 0) is 6.04 Å².